The highest BCUT2D eigenvalue weighted by molar-refractivity contribution is 7.92. The van der Waals surface area contributed by atoms with Crippen LogP contribution in [-0.2, 0) is 27.8 Å². The number of ether oxygens (including phenoxy) is 2. The molecule has 0 saturated heterocycles. The lowest BCUT2D eigenvalue weighted by atomic mass is 10.0. The summed E-state index contributed by atoms with van der Waals surface area (Å²) in [6.45, 7) is 5.39. The van der Waals surface area contributed by atoms with Gasteiger partial charge in [0.1, 0.15) is 23.4 Å². The Labute approximate surface area is 242 Å². The van der Waals surface area contributed by atoms with Gasteiger partial charge in [-0.3, -0.25) is 14.4 Å². The number of carbonyl (C=O) groups is 1. The average Bonchev–Trinajstić information content (AvgIpc) is 2.96. The summed E-state index contributed by atoms with van der Waals surface area (Å²) in [6.07, 6.45) is 0.844. The molecule has 0 unspecified atom stereocenters. The smallest absolute Gasteiger partial charge is 0.229 e. The van der Waals surface area contributed by atoms with Crippen LogP contribution < -0.4 is 14.2 Å². The molecule has 220 valence electrons. The van der Waals surface area contributed by atoms with Crippen LogP contribution in [0.3, 0.4) is 0 Å². The van der Waals surface area contributed by atoms with Crippen molar-refractivity contribution in [1.29, 1.82) is 0 Å². The first kappa shape index (κ1) is 30.4. The van der Waals surface area contributed by atoms with Gasteiger partial charge in [0.2, 0.25) is 15.9 Å². The number of aliphatic hydroxyl groups is 1. The van der Waals surface area contributed by atoms with E-state index in [1.165, 1.54) is 0 Å². The highest BCUT2D eigenvalue weighted by Gasteiger charge is 2.31. The predicted octanol–water partition coefficient (Wildman–Crippen LogP) is 4.13. The second-order valence-corrected chi connectivity index (χ2v) is 12.6. The molecule has 2 N–H and O–H groups in total. The molecule has 1 aliphatic rings. The number of anilines is 1. The minimum Gasteiger partial charge on any atom is -0.488 e. The van der Waals surface area contributed by atoms with E-state index in [4.69, 9.17) is 9.47 Å². The van der Waals surface area contributed by atoms with Gasteiger partial charge >= 0.3 is 0 Å². The zero-order chi connectivity index (χ0) is 29.6. The molecule has 4 rings (SSSR count). The number of carbonyl (C=O) groups excluding carboxylic acids is 1. The van der Waals surface area contributed by atoms with E-state index >= 15 is 0 Å². The molecule has 3 aromatic rings. The van der Waals surface area contributed by atoms with Gasteiger partial charge in [-0.25, -0.2) is 8.42 Å². The summed E-state index contributed by atoms with van der Waals surface area (Å²) in [4.78, 5) is 17.2. The largest absolute Gasteiger partial charge is 0.488 e. The fourth-order valence-electron chi connectivity index (χ4n) is 4.90. The summed E-state index contributed by atoms with van der Waals surface area (Å²) in [5.41, 5.74) is 2.07. The number of hydrogen-bond donors (Lipinski definition) is 2. The molecule has 0 saturated carbocycles. The molecule has 0 aromatic heterocycles. The third-order valence-corrected chi connectivity index (χ3v) is 7.67. The van der Waals surface area contributed by atoms with Gasteiger partial charge in [0.05, 0.1) is 25.3 Å². The zero-order valence-electron chi connectivity index (χ0n) is 24.0. The number of aliphatic hydroxyl groups excluding tert-OH is 1. The summed E-state index contributed by atoms with van der Waals surface area (Å²) < 4.78 is 38.5. The molecule has 0 fully saturated rings. The summed E-state index contributed by atoms with van der Waals surface area (Å²) in [5, 5.41) is 9.85. The van der Waals surface area contributed by atoms with Crippen molar-refractivity contribution in [3.05, 3.63) is 83.9 Å². The van der Waals surface area contributed by atoms with Crippen LogP contribution in [0, 0.1) is 5.92 Å². The Balaban J connectivity index is 1.52. The Morgan fingerprint density at radius 3 is 2.44 bits per heavy atom. The van der Waals surface area contributed by atoms with Gasteiger partial charge in [-0.05, 0) is 62.0 Å². The normalized spacial score (nSPS) is 18.5. The molecule has 3 aromatic carbocycles. The van der Waals surface area contributed by atoms with Crippen LogP contribution in [0.15, 0.2) is 72.8 Å². The van der Waals surface area contributed by atoms with E-state index in [-0.39, 0.29) is 37.0 Å². The van der Waals surface area contributed by atoms with E-state index in [2.05, 4.69) is 9.62 Å². The second-order valence-electron chi connectivity index (χ2n) is 10.8. The highest BCUT2D eigenvalue weighted by atomic mass is 32.2. The van der Waals surface area contributed by atoms with Crippen LogP contribution in [0.5, 0.6) is 17.2 Å². The predicted molar refractivity (Wildman–Crippen MR) is 160 cm³/mol. The van der Waals surface area contributed by atoms with E-state index in [1.807, 2.05) is 75.5 Å². The molecule has 0 bridgehead atoms. The molecule has 1 heterocycles. The monoisotopic (exact) mass is 581 g/mol. The van der Waals surface area contributed by atoms with Crippen molar-refractivity contribution < 1.29 is 27.8 Å². The number of amides is 1. The molecular weight excluding hydrogens is 542 g/mol. The third kappa shape index (κ3) is 8.69. The maximum absolute atomic E-state index is 13.3. The Morgan fingerprint density at radius 1 is 1.10 bits per heavy atom. The van der Waals surface area contributed by atoms with E-state index in [0.29, 0.717) is 36.6 Å². The first-order chi connectivity index (χ1) is 19.5. The molecular formula is C31H39N3O6S. The first-order valence-electron chi connectivity index (χ1n) is 13.7. The maximum atomic E-state index is 13.3. The molecule has 0 spiro atoms. The lowest BCUT2D eigenvalue weighted by Crippen LogP contribution is -2.47. The minimum atomic E-state index is -3.49. The molecule has 1 aliphatic heterocycles. The highest BCUT2D eigenvalue weighted by Crippen LogP contribution is 2.30. The van der Waals surface area contributed by atoms with Gasteiger partial charge in [0, 0.05) is 36.8 Å². The Morgan fingerprint density at radius 2 is 1.78 bits per heavy atom. The van der Waals surface area contributed by atoms with Gasteiger partial charge < -0.3 is 19.5 Å². The second kappa shape index (κ2) is 13.4. The quantitative estimate of drug-likeness (QED) is 0.371. The molecule has 3 atom stereocenters. The number of fused-ring (bicyclic) bond motifs is 1. The fourth-order valence-corrected chi connectivity index (χ4v) is 5.45. The Hall–Kier alpha value is -3.60. The van der Waals surface area contributed by atoms with E-state index < -0.39 is 10.0 Å². The number of hydrogen-bond acceptors (Lipinski definition) is 7. The number of likely N-dealkylation sites (N-methyl/N-ethyl adjacent to an activating group) is 1. The summed E-state index contributed by atoms with van der Waals surface area (Å²) in [5.74, 6) is 1.90. The molecule has 9 nitrogen and oxygen atoms in total. The Bertz CT molecular complexity index is 1420. The van der Waals surface area contributed by atoms with Crippen molar-refractivity contribution in [2.24, 2.45) is 5.92 Å². The molecule has 10 heteroatoms. The number of nitrogens with zero attached hydrogens (tertiary/aromatic N) is 2. The summed E-state index contributed by atoms with van der Waals surface area (Å²) in [7, 11) is -1.46. The van der Waals surface area contributed by atoms with Crippen molar-refractivity contribution >= 4 is 21.6 Å². The SMILES string of the molecule is C[C@H](CO)N1C[C@H](C)[C@@H](CN(C)Cc2ccc(Oc3ccccc3)cc2)Oc2ccc(NS(C)(=O)=O)cc2CC1=O. The number of nitrogens with one attached hydrogen (secondary N) is 1. The topological polar surface area (TPSA) is 108 Å². The number of benzene rings is 3. The van der Waals surface area contributed by atoms with Crippen LogP contribution in [0.1, 0.15) is 25.0 Å². The lowest BCUT2D eigenvalue weighted by Gasteiger charge is -2.34. The van der Waals surface area contributed by atoms with Crippen LogP contribution in [0.2, 0.25) is 0 Å². The van der Waals surface area contributed by atoms with Crippen LogP contribution >= 0.6 is 0 Å². The lowest BCUT2D eigenvalue weighted by molar-refractivity contribution is -0.134. The molecule has 1 amide bonds. The van der Waals surface area contributed by atoms with Crippen LogP contribution in [0.4, 0.5) is 5.69 Å². The number of sulfonamides is 1. The Kier molecular flexibility index (Phi) is 9.90. The summed E-state index contributed by atoms with van der Waals surface area (Å²) >= 11 is 0. The van der Waals surface area contributed by atoms with Gasteiger partial charge in [0.15, 0.2) is 0 Å². The van der Waals surface area contributed by atoms with Gasteiger partial charge in [-0.1, -0.05) is 37.3 Å². The maximum Gasteiger partial charge on any atom is 0.229 e. The number of para-hydroxylation sites is 1. The first-order valence-corrected chi connectivity index (χ1v) is 15.6. The summed E-state index contributed by atoms with van der Waals surface area (Å²) in [6, 6.07) is 22.3. The zero-order valence-corrected chi connectivity index (χ0v) is 24.8. The van der Waals surface area contributed by atoms with Crippen molar-refractivity contribution in [3.8, 4) is 17.2 Å². The minimum absolute atomic E-state index is 0.0334. The van der Waals surface area contributed by atoms with Crippen molar-refractivity contribution in [2.75, 3.05) is 37.7 Å². The van der Waals surface area contributed by atoms with Crippen molar-refractivity contribution in [2.45, 2.75) is 39.0 Å². The van der Waals surface area contributed by atoms with Crippen LogP contribution in [-0.4, -0.2) is 74.4 Å². The van der Waals surface area contributed by atoms with Gasteiger partial charge in [0.25, 0.3) is 0 Å². The van der Waals surface area contributed by atoms with E-state index in [0.717, 1.165) is 23.3 Å². The van der Waals surface area contributed by atoms with E-state index in [9.17, 15) is 18.3 Å². The van der Waals surface area contributed by atoms with Gasteiger partial charge in [-0.2, -0.15) is 0 Å². The molecule has 0 aliphatic carbocycles. The van der Waals surface area contributed by atoms with Crippen molar-refractivity contribution in [3.63, 3.8) is 0 Å². The molecule has 0 radical (unpaired) electrons. The molecule has 41 heavy (non-hydrogen) atoms. The average molecular weight is 582 g/mol. The van der Waals surface area contributed by atoms with Crippen LogP contribution in [0.25, 0.3) is 0 Å². The third-order valence-electron chi connectivity index (χ3n) is 7.07. The van der Waals surface area contributed by atoms with E-state index in [1.54, 1.807) is 23.1 Å². The van der Waals surface area contributed by atoms with Crippen molar-refractivity contribution in [1.82, 2.24) is 9.80 Å². The fraction of sp³-hybridized carbons (Fsp3) is 0.387. The standard InChI is InChI=1S/C31H39N3O6S/c1-22-18-34(23(2)21-35)31(36)17-25-16-26(32-41(4,37)38)12-15-29(25)40-30(22)20-33(3)19-24-10-13-28(14-11-24)39-27-8-6-5-7-9-27/h5-16,22-23,30,32,35H,17-21H2,1-4H3/t22-,23+,30+/m0/s1. The number of rotatable bonds is 10. The van der Waals surface area contributed by atoms with Gasteiger partial charge in [-0.15, -0.1) is 0 Å².